The van der Waals surface area contributed by atoms with Gasteiger partial charge in [-0.1, -0.05) is 37.8 Å². The fraction of sp³-hybridized carbons (Fsp3) is 0.259. The lowest BCUT2D eigenvalue weighted by Crippen LogP contribution is -2.13. The summed E-state index contributed by atoms with van der Waals surface area (Å²) in [6, 6.07) is 16.7. The van der Waals surface area contributed by atoms with Crippen LogP contribution in [0.15, 0.2) is 67.0 Å². The van der Waals surface area contributed by atoms with Crippen molar-refractivity contribution in [3.05, 3.63) is 72.6 Å². The van der Waals surface area contributed by atoms with Crippen LogP contribution in [0.1, 0.15) is 42.5 Å². The van der Waals surface area contributed by atoms with Gasteiger partial charge >= 0.3 is 0 Å². The summed E-state index contributed by atoms with van der Waals surface area (Å²) in [6.07, 6.45) is 9.78. The molecular formula is C27H27N5O2. The van der Waals surface area contributed by atoms with Crippen molar-refractivity contribution in [2.24, 2.45) is 11.7 Å². The number of carbonyl (C=O) groups is 1. The molecule has 1 aliphatic carbocycles. The number of nitrogens with one attached hydrogen (secondary N) is 1. The van der Waals surface area contributed by atoms with Crippen LogP contribution in [0.5, 0.6) is 5.75 Å². The largest absolute Gasteiger partial charge is 0.494 e. The molecule has 0 aliphatic heterocycles. The number of anilines is 2. The third-order valence-corrected chi connectivity index (χ3v) is 6.30. The third kappa shape index (κ3) is 4.83. The molecule has 5 rings (SSSR count). The molecule has 0 saturated heterocycles. The predicted molar refractivity (Wildman–Crippen MR) is 133 cm³/mol. The maximum atomic E-state index is 12.0. The van der Waals surface area contributed by atoms with Gasteiger partial charge in [-0.15, -0.1) is 0 Å². The van der Waals surface area contributed by atoms with Gasteiger partial charge in [0.1, 0.15) is 11.6 Å². The normalized spacial score (nSPS) is 13.8. The number of carbonyl (C=O) groups excluding carboxylic acids is 1. The van der Waals surface area contributed by atoms with Gasteiger partial charge in [0, 0.05) is 23.3 Å². The third-order valence-electron chi connectivity index (χ3n) is 6.30. The smallest absolute Gasteiger partial charge is 0.250 e. The molecule has 0 atom stereocenters. The van der Waals surface area contributed by atoms with Crippen LogP contribution < -0.4 is 15.8 Å². The molecule has 2 aromatic heterocycles. The van der Waals surface area contributed by atoms with Crippen molar-refractivity contribution in [3.63, 3.8) is 0 Å². The first-order chi connectivity index (χ1) is 16.7. The molecule has 3 N–H and O–H groups in total. The Hall–Kier alpha value is -4.00. The highest BCUT2D eigenvalue weighted by Crippen LogP contribution is 2.32. The number of aromatic nitrogens is 3. The second kappa shape index (κ2) is 9.87. The van der Waals surface area contributed by atoms with Gasteiger partial charge in [0.15, 0.2) is 5.82 Å². The summed E-state index contributed by atoms with van der Waals surface area (Å²) in [4.78, 5) is 25.7. The van der Waals surface area contributed by atoms with Crippen LogP contribution in [0.25, 0.3) is 22.3 Å². The van der Waals surface area contributed by atoms with Gasteiger partial charge in [-0.05, 0) is 54.8 Å². The average Bonchev–Trinajstić information content (AvgIpc) is 3.38. The zero-order valence-corrected chi connectivity index (χ0v) is 18.9. The van der Waals surface area contributed by atoms with Crippen molar-refractivity contribution in [2.75, 3.05) is 11.9 Å². The first kappa shape index (κ1) is 21.8. The first-order valence-corrected chi connectivity index (χ1v) is 11.7. The van der Waals surface area contributed by atoms with Gasteiger partial charge in [0.2, 0.25) is 0 Å². The number of ether oxygens (including phenoxy) is 1. The van der Waals surface area contributed by atoms with E-state index in [0.717, 1.165) is 34.6 Å². The number of rotatable bonds is 8. The summed E-state index contributed by atoms with van der Waals surface area (Å²) in [5.74, 6) is 2.14. The minimum atomic E-state index is -0.509. The quantitative estimate of drug-likeness (QED) is 0.365. The Bertz CT molecular complexity index is 1300. The molecule has 4 aromatic rings. The van der Waals surface area contributed by atoms with Crippen molar-refractivity contribution in [3.8, 4) is 17.1 Å². The van der Waals surface area contributed by atoms with Crippen LogP contribution in [0.2, 0.25) is 0 Å². The fourth-order valence-electron chi connectivity index (χ4n) is 4.49. The van der Waals surface area contributed by atoms with Crippen molar-refractivity contribution in [2.45, 2.75) is 32.1 Å². The number of para-hydroxylation sites is 1. The number of primary amides is 1. The number of nitrogens with zero attached hydrogens (tertiary/aromatic N) is 3. The summed E-state index contributed by atoms with van der Waals surface area (Å²) in [5.41, 5.74) is 8.12. The lowest BCUT2D eigenvalue weighted by Gasteiger charge is -2.15. The van der Waals surface area contributed by atoms with E-state index in [9.17, 15) is 4.79 Å². The number of hydrogen-bond donors (Lipinski definition) is 2. The zero-order valence-electron chi connectivity index (χ0n) is 18.9. The molecule has 2 heterocycles. The lowest BCUT2D eigenvalue weighted by atomic mass is 10.1. The first-order valence-electron chi connectivity index (χ1n) is 11.7. The monoisotopic (exact) mass is 453 g/mol. The van der Waals surface area contributed by atoms with Crippen LogP contribution in [-0.2, 0) is 0 Å². The second-order valence-corrected chi connectivity index (χ2v) is 8.64. The highest BCUT2D eigenvalue weighted by Gasteiger charge is 2.16. The molecule has 0 radical (unpaired) electrons. The Kier molecular flexibility index (Phi) is 6.33. The van der Waals surface area contributed by atoms with Crippen molar-refractivity contribution in [1.29, 1.82) is 0 Å². The Morgan fingerprint density at radius 3 is 2.71 bits per heavy atom. The fourth-order valence-corrected chi connectivity index (χ4v) is 4.49. The Balaban J connectivity index is 1.51. The minimum absolute atomic E-state index is 0.390. The highest BCUT2D eigenvalue weighted by molar-refractivity contribution is 6.01. The van der Waals surface area contributed by atoms with E-state index in [1.807, 2.05) is 36.4 Å². The highest BCUT2D eigenvalue weighted by atomic mass is 16.5. The van der Waals surface area contributed by atoms with E-state index in [1.54, 1.807) is 30.6 Å². The number of pyridine rings is 1. The number of amides is 1. The molecule has 2 aromatic carbocycles. The number of fused-ring (bicyclic) bond motifs is 1. The molecule has 34 heavy (non-hydrogen) atoms. The molecule has 0 unspecified atom stereocenters. The predicted octanol–water partition coefficient (Wildman–Crippen LogP) is 5.49. The number of hydrogen-bond acceptors (Lipinski definition) is 6. The van der Waals surface area contributed by atoms with Crippen molar-refractivity contribution >= 4 is 28.3 Å². The summed E-state index contributed by atoms with van der Waals surface area (Å²) in [6.45, 7) is 0.693. The molecule has 7 heteroatoms. The van der Waals surface area contributed by atoms with Crippen LogP contribution in [0.4, 0.5) is 11.5 Å². The van der Waals surface area contributed by atoms with Gasteiger partial charge < -0.3 is 15.8 Å². The van der Waals surface area contributed by atoms with Crippen LogP contribution >= 0.6 is 0 Å². The van der Waals surface area contributed by atoms with Gasteiger partial charge in [-0.2, -0.15) is 0 Å². The summed E-state index contributed by atoms with van der Waals surface area (Å²) >= 11 is 0. The molecule has 0 bridgehead atoms. The Morgan fingerprint density at radius 1 is 1.06 bits per heavy atom. The SMILES string of the molecule is NC(=O)c1ccccc1Nc1nc(-c2cccnc2)nc2ccc(OCCC3CCCC3)cc12. The van der Waals surface area contributed by atoms with Crippen molar-refractivity contribution < 1.29 is 9.53 Å². The van der Waals surface area contributed by atoms with E-state index in [-0.39, 0.29) is 0 Å². The Labute approximate surface area is 198 Å². The maximum absolute atomic E-state index is 12.0. The van der Waals surface area contributed by atoms with Gasteiger partial charge in [0.05, 0.1) is 23.4 Å². The van der Waals surface area contributed by atoms with Gasteiger partial charge in [0.25, 0.3) is 5.91 Å². The summed E-state index contributed by atoms with van der Waals surface area (Å²) in [5, 5.41) is 4.10. The molecule has 7 nitrogen and oxygen atoms in total. The van der Waals surface area contributed by atoms with Gasteiger partial charge in [-0.3, -0.25) is 9.78 Å². The van der Waals surface area contributed by atoms with Gasteiger partial charge in [-0.25, -0.2) is 9.97 Å². The average molecular weight is 454 g/mol. The maximum Gasteiger partial charge on any atom is 0.250 e. The van der Waals surface area contributed by atoms with E-state index < -0.39 is 5.91 Å². The molecule has 1 fully saturated rings. The summed E-state index contributed by atoms with van der Waals surface area (Å²) < 4.78 is 6.09. The molecule has 1 saturated carbocycles. The molecule has 1 amide bonds. The van der Waals surface area contributed by atoms with E-state index in [1.165, 1.54) is 25.7 Å². The number of benzene rings is 2. The lowest BCUT2D eigenvalue weighted by molar-refractivity contribution is 0.100. The van der Waals surface area contributed by atoms with E-state index >= 15 is 0 Å². The minimum Gasteiger partial charge on any atom is -0.494 e. The zero-order chi connectivity index (χ0) is 23.3. The van der Waals surface area contributed by atoms with E-state index in [2.05, 4.69) is 10.3 Å². The standard InChI is InChI=1S/C27H27N5O2/c28-25(33)21-9-3-4-10-23(21)31-27-22-16-20(34-15-13-18-6-1-2-7-18)11-12-24(22)30-26(32-27)19-8-5-14-29-17-19/h3-5,8-12,14,16-18H,1-2,6-7,13,15H2,(H2,28,33)(H,30,31,32). The summed E-state index contributed by atoms with van der Waals surface area (Å²) in [7, 11) is 0. The Morgan fingerprint density at radius 2 is 1.91 bits per heavy atom. The van der Waals surface area contributed by atoms with Crippen LogP contribution in [-0.4, -0.2) is 27.5 Å². The van der Waals surface area contributed by atoms with Crippen LogP contribution in [0.3, 0.4) is 0 Å². The molecule has 172 valence electrons. The van der Waals surface area contributed by atoms with E-state index in [4.69, 9.17) is 20.4 Å². The molecule has 0 spiro atoms. The van der Waals surface area contributed by atoms with Crippen LogP contribution in [0, 0.1) is 5.92 Å². The molecule has 1 aliphatic rings. The topological polar surface area (TPSA) is 103 Å². The molecular weight excluding hydrogens is 426 g/mol. The van der Waals surface area contributed by atoms with E-state index in [0.29, 0.717) is 29.5 Å². The van der Waals surface area contributed by atoms with Crippen molar-refractivity contribution in [1.82, 2.24) is 15.0 Å². The number of nitrogens with two attached hydrogens (primary N) is 1. The second-order valence-electron chi connectivity index (χ2n) is 8.64.